The average molecular weight is 419 g/mol. The van der Waals surface area contributed by atoms with E-state index in [9.17, 15) is 4.39 Å². The molecular formula is C19H16BrFN2O3. The normalized spacial score (nSPS) is 13.7. The molecule has 0 aliphatic heterocycles. The van der Waals surface area contributed by atoms with Gasteiger partial charge in [0, 0.05) is 10.5 Å². The molecule has 7 heteroatoms. The number of hydrogen-bond acceptors (Lipinski definition) is 5. The van der Waals surface area contributed by atoms with E-state index in [4.69, 9.17) is 14.2 Å². The van der Waals surface area contributed by atoms with E-state index in [0.717, 1.165) is 0 Å². The first-order chi connectivity index (χ1) is 12.6. The van der Waals surface area contributed by atoms with Crippen molar-refractivity contribution in [3.05, 3.63) is 46.9 Å². The fourth-order valence-electron chi connectivity index (χ4n) is 2.55. The molecule has 1 aliphatic rings. The number of halogens is 2. The minimum atomic E-state index is -0.484. The Kier molecular flexibility index (Phi) is 4.63. The molecule has 1 fully saturated rings. The summed E-state index contributed by atoms with van der Waals surface area (Å²) >= 11 is 3.23. The van der Waals surface area contributed by atoms with Crippen LogP contribution < -0.4 is 14.2 Å². The van der Waals surface area contributed by atoms with Crippen LogP contribution in [-0.2, 0) is 0 Å². The van der Waals surface area contributed by atoms with Crippen LogP contribution in [0.1, 0.15) is 12.8 Å². The van der Waals surface area contributed by atoms with Crippen molar-refractivity contribution < 1.29 is 18.6 Å². The van der Waals surface area contributed by atoms with Crippen molar-refractivity contribution in [2.45, 2.75) is 12.8 Å². The molecule has 4 rings (SSSR count). The third-order valence-electron chi connectivity index (χ3n) is 4.16. The Morgan fingerprint density at radius 2 is 1.96 bits per heavy atom. The van der Waals surface area contributed by atoms with Gasteiger partial charge in [0.1, 0.15) is 6.33 Å². The number of ether oxygens (including phenoxy) is 3. The Bertz CT molecular complexity index is 963. The Hall–Kier alpha value is -2.41. The molecule has 3 aromatic rings. The van der Waals surface area contributed by atoms with Gasteiger partial charge in [-0.05, 0) is 43.0 Å². The number of hydrogen-bond donors (Lipinski definition) is 0. The third-order valence-corrected chi connectivity index (χ3v) is 4.65. The van der Waals surface area contributed by atoms with Crippen molar-refractivity contribution >= 4 is 26.8 Å². The minimum Gasteiger partial charge on any atom is -0.493 e. The van der Waals surface area contributed by atoms with Gasteiger partial charge in [0.2, 0.25) is 5.88 Å². The van der Waals surface area contributed by atoms with Crippen molar-refractivity contribution in [1.29, 1.82) is 0 Å². The van der Waals surface area contributed by atoms with Gasteiger partial charge in [-0.3, -0.25) is 0 Å². The summed E-state index contributed by atoms with van der Waals surface area (Å²) < 4.78 is 31.7. The summed E-state index contributed by atoms with van der Waals surface area (Å²) in [5.74, 6) is 1.67. The molecular weight excluding hydrogens is 403 g/mol. The van der Waals surface area contributed by atoms with Crippen LogP contribution in [0.3, 0.4) is 0 Å². The second kappa shape index (κ2) is 7.07. The lowest BCUT2D eigenvalue weighted by Crippen LogP contribution is -2.01. The first-order valence-electron chi connectivity index (χ1n) is 8.22. The summed E-state index contributed by atoms with van der Waals surface area (Å²) in [5.41, 5.74) is 0.638. The van der Waals surface area contributed by atoms with Crippen molar-refractivity contribution in [2.24, 2.45) is 5.92 Å². The van der Waals surface area contributed by atoms with Crippen LogP contribution in [0.5, 0.6) is 23.1 Å². The summed E-state index contributed by atoms with van der Waals surface area (Å²) in [6.07, 6.45) is 3.79. The quantitative estimate of drug-likeness (QED) is 0.555. The van der Waals surface area contributed by atoms with Crippen LogP contribution in [0.15, 0.2) is 41.1 Å². The zero-order chi connectivity index (χ0) is 18.1. The standard InChI is InChI=1S/C19H16BrFN2O3/c1-24-17-7-13-15(8-18(17)25-9-11-2-3-11)22-10-23-19(13)26-16-5-4-12(20)6-14(16)21/h4-8,10-11H,2-3,9H2,1H3. The summed E-state index contributed by atoms with van der Waals surface area (Å²) in [5, 5.41) is 0.616. The van der Waals surface area contributed by atoms with Gasteiger partial charge >= 0.3 is 0 Å². The minimum absolute atomic E-state index is 0.0845. The maximum absolute atomic E-state index is 14.1. The van der Waals surface area contributed by atoms with Crippen LogP contribution in [0.4, 0.5) is 4.39 Å². The topological polar surface area (TPSA) is 53.5 Å². The summed E-state index contributed by atoms with van der Waals surface area (Å²) in [6.45, 7) is 0.667. The molecule has 134 valence electrons. The molecule has 1 aliphatic carbocycles. The smallest absolute Gasteiger partial charge is 0.230 e. The zero-order valence-electron chi connectivity index (χ0n) is 14.0. The molecule has 0 spiro atoms. The highest BCUT2D eigenvalue weighted by Gasteiger charge is 2.23. The van der Waals surface area contributed by atoms with E-state index in [0.29, 0.717) is 39.4 Å². The molecule has 5 nitrogen and oxygen atoms in total. The highest BCUT2D eigenvalue weighted by atomic mass is 79.9. The van der Waals surface area contributed by atoms with Gasteiger partial charge in [-0.25, -0.2) is 14.4 Å². The number of rotatable bonds is 6. The molecule has 26 heavy (non-hydrogen) atoms. The zero-order valence-corrected chi connectivity index (χ0v) is 15.6. The molecule has 0 bridgehead atoms. The molecule has 0 amide bonds. The number of fused-ring (bicyclic) bond motifs is 1. The van der Waals surface area contributed by atoms with E-state index in [2.05, 4.69) is 25.9 Å². The largest absolute Gasteiger partial charge is 0.493 e. The highest BCUT2D eigenvalue weighted by molar-refractivity contribution is 9.10. The van der Waals surface area contributed by atoms with Gasteiger partial charge in [0.25, 0.3) is 0 Å². The average Bonchev–Trinajstić information content (AvgIpc) is 3.46. The van der Waals surface area contributed by atoms with Crippen LogP contribution in [-0.4, -0.2) is 23.7 Å². The number of aromatic nitrogens is 2. The molecule has 1 saturated carbocycles. The van der Waals surface area contributed by atoms with Gasteiger partial charge in [-0.1, -0.05) is 15.9 Å². The maximum atomic E-state index is 14.1. The summed E-state index contributed by atoms with van der Waals surface area (Å²) in [4.78, 5) is 8.42. The maximum Gasteiger partial charge on any atom is 0.230 e. The Morgan fingerprint density at radius 3 is 2.69 bits per heavy atom. The number of benzene rings is 2. The Labute approximate surface area is 158 Å². The molecule has 0 radical (unpaired) electrons. The molecule has 0 atom stereocenters. The van der Waals surface area contributed by atoms with Crippen LogP contribution in [0, 0.1) is 11.7 Å². The fraction of sp³-hybridized carbons (Fsp3) is 0.263. The lowest BCUT2D eigenvalue weighted by molar-refractivity contribution is 0.281. The molecule has 0 saturated heterocycles. The second-order valence-corrected chi connectivity index (χ2v) is 7.05. The monoisotopic (exact) mass is 418 g/mol. The van der Waals surface area contributed by atoms with Crippen molar-refractivity contribution in [2.75, 3.05) is 13.7 Å². The first-order valence-corrected chi connectivity index (χ1v) is 9.02. The van der Waals surface area contributed by atoms with Gasteiger partial charge in [-0.2, -0.15) is 0 Å². The second-order valence-electron chi connectivity index (χ2n) is 6.13. The predicted octanol–water partition coefficient (Wildman–Crippen LogP) is 5.12. The Morgan fingerprint density at radius 1 is 1.12 bits per heavy atom. The molecule has 1 aromatic heterocycles. The van der Waals surface area contributed by atoms with Gasteiger partial charge in [-0.15, -0.1) is 0 Å². The van der Waals surface area contributed by atoms with E-state index >= 15 is 0 Å². The molecule has 2 aromatic carbocycles. The van der Waals surface area contributed by atoms with Gasteiger partial charge in [0.15, 0.2) is 23.1 Å². The van der Waals surface area contributed by atoms with E-state index < -0.39 is 5.82 Å². The van der Waals surface area contributed by atoms with Crippen molar-refractivity contribution in [3.8, 4) is 23.1 Å². The van der Waals surface area contributed by atoms with E-state index in [1.165, 1.54) is 31.3 Å². The van der Waals surface area contributed by atoms with Crippen molar-refractivity contribution in [1.82, 2.24) is 9.97 Å². The van der Waals surface area contributed by atoms with Gasteiger partial charge in [0.05, 0.1) is 24.6 Å². The SMILES string of the molecule is COc1cc2c(Oc3ccc(Br)cc3F)ncnc2cc1OCC1CC1. The molecule has 0 unspecified atom stereocenters. The van der Waals surface area contributed by atoms with Crippen LogP contribution in [0.25, 0.3) is 10.9 Å². The molecule has 1 heterocycles. The van der Waals surface area contributed by atoms with E-state index in [-0.39, 0.29) is 11.6 Å². The van der Waals surface area contributed by atoms with Gasteiger partial charge < -0.3 is 14.2 Å². The summed E-state index contributed by atoms with van der Waals surface area (Å²) in [7, 11) is 1.57. The van der Waals surface area contributed by atoms with E-state index in [1.807, 2.05) is 0 Å². The first kappa shape index (κ1) is 17.0. The fourth-order valence-corrected chi connectivity index (χ4v) is 2.88. The number of methoxy groups -OCH3 is 1. The highest BCUT2D eigenvalue weighted by Crippen LogP contribution is 2.38. The number of nitrogens with zero attached hydrogens (tertiary/aromatic N) is 2. The van der Waals surface area contributed by atoms with Crippen molar-refractivity contribution in [3.63, 3.8) is 0 Å². The van der Waals surface area contributed by atoms with Crippen LogP contribution >= 0.6 is 15.9 Å². The lowest BCUT2D eigenvalue weighted by atomic mass is 10.2. The predicted molar refractivity (Wildman–Crippen MR) is 98.5 cm³/mol. The van der Waals surface area contributed by atoms with Crippen LogP contribution in [0.2, 0.25) is 0 Å². The summed E-state index contributed by atoms with van der Waals surface area (Å²) in [6, 6.07) is 8.12. The lowest BCUT2D eigenvalue weighted by Gasteiger charge is -2.13. The molecule has 0 N–H and O–H groups in total. The van der Waals surface area contributed by atoms with E-state index in [1.54, 1.807) is 25.3 Å². The Balaban J connectivity index is 1.70. The third kappa shape index (κ3) is 3.58.